The summed E-state index contributed by atoms with van der Waals surface area (Å²) in [6, 6.07) is 29.5. The Balaban J connectivity index is 1.53. The van der Waals surface area contributed by atoms with Crippen molar-refractivity contribution in [3.63, 3.8) is 0 Å². The van der Waals surface area contributed by atoms with Crippen molar-refractivity contribution >= 4 is 28.0 Å². The first-order valence-corrected chi connectivity index (χ1v) is 12.7. The van der Waals surface area contributed by atoms with E-state index in [4.69, 9.17) is 0 Å². The van der Waals surface area contributed by atoms with Crippen LogP contribution in [0.3, 0.4) is 0 Å². The van der Waals surface area contributed by atoms with Crippen LogP contribution in [0.2, 0.25) is 0 Å². The standard InChI is InChI=1S/C32H23F3N4O/c1-21-27(25-14-6-8-17-29(25)38(21)20-22-10-3-2-4-11-22)19-36-39-30(23-12-9-13-24(18-23)32(33,34)35)37-28-16-7-5-15-26(28)31(39)40/h2-19H,20H2,1H3. The Kier molecular flexibility index (Phi) is 6.30. The van der Waals surface area contributed by atoms with Gasteiger partial charge in [0.25, 0.3) is 5.56 Å². The summed E-state index contributed by atoms with van der Waals surface area (Å²) < 4.78 is 43.8. The predicted molar refractivity (Wildman–Crippen MR) is 152 cm³/mol. The molecule has 0 radical (unpaired) electrons. The van der Waals surface area contributed by atoms with E-state index in [-0.39, 0.29) is 11.4 Å². The van der Waals surface area contributed by atoms with Gasteiger partial charge in [-0.1, -0.05) is 72.8 Å². The summed E-state index contributed by atoms with van der Waals surface area (Å²) in [6.07, 6.45) is -2.95. The van der Waals surface area contributed by atoms with E-state index in [0.717, 1.165) is 44.5 Å². The van der Waals surface area contributed by atoms with E-state index in [1.165, 1.54) is 12.1 Å². The number of aromatic nitrogens is 3. The smallest absolute Gasteiger partial charge is 0.340 e. The van der Waals surface area contributed by atoms with E-state index >= 15 is 0 Å². The first-order valence-electron chi connectivity index (χ1n) is 12.7. The predicted octanol–water partition coefficient (Wildman–Crippen LogP) is 7.28. The fraction of sp³-hybridized carbons (Fsp3) is 0.0938. The van der Waals surface area contributed by atoms with E-state index in [0.29, 0.717) is 17.4 Å². The molecule has 0 amide bonds. The van der Waals surface area contributed by atoms with Gasteiger partial charge >= 0.3 is 6.18 Å². The maximum Gasteiger partial charge on any atom is 0.416 e. The highest BCUT2D eigenvalue weighted by Gasteiger charge is 2.31. The Morgan fingerprint density at radius 1 is 0.850 bits per heavy atom. The van der Waals surface area contributed by atoms with Gasteiger partial charge in [0.1, 0.15) is 0 Å². The highest BCUT2D eigenvalue weighted by atomic mass is 19.4. The lowest BCUT2D eigenvalue weighted by Crippen LogP contribution is -2.20. The highest BCUT2D eigenvalue weighted by Crippen LogP contribution is 2.32. The molecule has 0 aliphatic heterocycles. The lowest BCUT2D eigenvalue weighted by atomic mass is 10.1. The molecular weight excluding hydrogens is 513 g/mol. The van der Waals surface area contributed by atoms with Crippen LogP contribution >= 0.6 is 0 Å². The molecule has 5 nitrogen and oxygen atoms in total. The topological polar surface area (TPSA) is 52.2 Å². The SMILES string of the molecule is Cc1c(C=Nn2c(-c3cccc(C(F)(F)F)c3)nc3ccccc3c2=O)c2ccccc2n1Cc1ccccc1. The molecule has 0 aliphatic rings. The highest BCUT2D eigenvalue weighted by molar-refractivity contribution is 6.01. The van der Waals surface area contributed by atoms with Gasteiger partial charge in [-0.3, -0.25) is 4.79 Å². The normalized spacial score (nSPS) is 12.1. The van der Waals surface area contributed by atoms with Gasteiger partial charge in [0.15, 0.2) is 5.82 Å². The van der Waals surface area contributed by atoms with Crippen LogP contribution in [0.5, 0.6) is 0 Å². The van der Waals surface area contributed by atoms with Crippen molar-refractivity contribution in [1.82, 2.24) is 14.2 Å². The van der Waals surface area contributed by atoms with E-state index in [9.17, 15) is 18.0 Å². The van der Waals surface area contributed by atoms with Gasteiger partial charge in [-0.25, -0.2) is 4.98 Å². The van der Waals surface area contributed by atoms with E-state index in [1.807, 2.05) is 49.4 Å². The van der Waals surface area contributed by atoms with E-state index in [2.05, 4.69) is 26.8 Å². The molecule has 198 valence electrons. The Morgan fingerprint density at radius 2 is 1.55 bits per heavy atom. The number of alkyl halides is 3. The van der Waals surface area contributed by atoms with E-state index in [1.54, 1.807) is 30.5 Å². The van der Waals surface area contributed by atoms with Crippen molar-refractivity contribution in [2.24, 2.45) is 5.10 Å². The zero-order valence-electron chi connectivity index (χ0n) is 21.4. The molecule has 0 saturated heterocycles. The van der Waals surface area contributed by atoms with Gasteiger partial charge in [0.05, 0.1) is 22.7 Å². The molecule has 0 N–H and O–H groups in total. The molecular formula is C32H23F3N4O. The minimum Gasteiger partial charge on any atom is -0.340 e. The molecule has 0 aliphatic carbocycles. The molecule has 0 saturated carbocycles. The van der Waals surface area contributed by atoms with E-state index < -0.39 is 17.3 Å². The van der Waals surface area contributed by atoms with Crippen molar-refractivity contribution in [3.05, 3.63) is 136 Å². The van der Waals surface area contributed by atoms with Crippen LogP contribution in [0.25, 0.3) is 33.2 Å². The van der Waals surface area contributed by atoms with Crippen LogP contribution in [0, 0.1) is 6.92 Å². The fourth-order valence-corrected chi connectivity index (χ4v) is 4.96. The molecule has 0 spiro atoms. The number of halogens is 3. The van der Waals surface area contributed by atoms with Gasteiger partial charge < -0.3 is 4.57 Å². The lowest BCUT2D eigenvalue weighted by Gasteiger charge is -2.12. The van der Waals surface area contributed by atoms with Crippen molar-refractivity contribution in [3.8, 4) is 11.4 Å². The monoisotopic (exact) mass is 536 g/mol. The van der Waals surface area contributed by atoms with Crippen LogP contribution in [0.4, 0.5) is 13.2 Å². The van der Waals surface area contributed by atoms with Crippen molar-refractivity contribution < 1.29 is 13.2 Å². The molecule has 2 aromatic heterocycles. The molecule has 0 fully saturated rings. The molecule has 6 aromatic rings. The Bertz CT molecular complexity index is 1950. The van der Waals surface area contributed by atoms with Gasteiger partial charge in [-0.2, -0.15) is 22.9 Å². The third-order valence-electron chi connectivity index (χ3n) is 6.97. The number of benzene rings is 4. The number of hydrogen-bond acceptors (Lipinski definition) is 3. The number of fused-ring (bicyclic) bond motifs is 2. The second-order valence-corrected chi connectivity index (χ2v) is 9.48. The summed E-state index contributed by atoms with van der Waals surface area (Å²) in [5, 5.41) is 5.81. The molecule has 0 atom stereocenters. The molecule has 2 heterocycles. The second kappa shape index (κ2) is 9.96. The fourth-order valence-electron chi connectivity index (χ4n) is 4.96. The summed E-state index contributed by atoms with van der Waals surface area (Å²) in [5.41, 5.74) is 3.10. The number of para-hydroxylation sites is 2. The number of rotatable bonds is 5. The minimum absolute atomic E-state index is 0.0247. The van der Waals surface area contributed by atoms with Crippen LogP contribution in [-0.4, -0.2) is 20.4 Å². The number of nitrogens with zero attached hydrogens (tertiary/aromatic N) is 4. The second-order valence-electron chi connectivity index (χ2n) is 9.48. The van der Waals surface area contributed by atoms with Gasteiger partial charge in [0.2, 0.25) is 0 Å². The average Bonchev–Trinajstić information content (AvgIpc) is 3.23. The zero-order valence-corrected chi connectivity index (χ0v) is 21.4. The van der Waals surface area contributed by atoms with Gasteiger partial charge in [0, 0.05) is 34.3 Å². The summed E-state index contributed by atoms with van der Waals surface area (Å²) in [4.78, 5) is 18.2. The summed E-state index contributed by atoms with van der Waals surface area (Å²) in [7, 11) is 0. The van der Waals surface area contributed by atoms with Crippen molar-refractivity contribution in [2.45, 2.75) is 19.6 Å². The maximum absolute atomic E-state index is 13.6. The summed E-state index contributed by atoms with van der Waals surface area (Å²) in [6.45, 7) is 2.63. The quantitative estimate of drug-likeness (QED) is 0.218. The molecule has 8 heteroatoms. The summed E-state index contributed by atoms with van der Waals surface area (Å²) >= 11 is 0. The van der Waals surface area contributed by atoms with Crippen molar-refractivity contribution in [2.75, 3.05) is 0 Å². The van der Waals surface area contributed by atoms with Gasteiger partial charge in [-0.05, 0) is 42.8 Å². The third-order valence-corrected chi connectivity index (χ3v) is 6.97. The molecule has 40 heavy (non-hydrogen) atoms. The Labute approximate surface area is 227 Å². The first kappa shape index (κ1) is 25.3. The summed E-state index contributed by atoms with van der Waals surface area (Å²) in [5.74, 6) is 0.0247. The van der Waals surface area contributed by atoms with Crippen LogP contribution in [-0.2, 0) is 12.7 Å². The first-order chi connectivity index (χ1) is 19.3. The molecule has 0 bridgehead atoms. The largest absolute Gasteiger partial charge is 0.416 e. The lowest BCUT2D eigenvalue weighted by molar-refractivity contribution is -0.137. The van der Waals surface area contributed by atoms with Gasteiger partial charge in [-0.15, -0.1) is 0 Å². The van der Waals surface area contributed by atoms with Crippen LogP contribution in [0.1, 0.15) is 22.4 Å². The van der Waals surface area contributed by atoms with Crippen molar-refractivity contribution in [1.29, 1.82) is 0 Å². The molecule has 4 aromatic carbocycles. The minimum atomic E-state index is -4.54. The molecule has 6 rings (SSSR count). The van der Waals surface area contributed by atoms with Crippen LogP contribution < -0.4 is 5.56 Å². The molecule has 0 unspecified atom stereocenters. The number of hydrogen-bond donors (Lipinski definition) is 0. The third kappa shape index (κ3) is 4.58. The maximum atomic E-state index is 13.6. The van der Waals surface area contributed by atoms with Crippen LogP contribution in [0.15, 0.2) is 113 Å². The Morgan fingerprint density at radius 3 is 2.33 bits per heavy atom. The average molecular weight is 537 g/mol. The zero-order chi connectivity index (χ0) is 27.9. The Hall–Kier alpha value is -4.98.